The van der Waals surface area contributed by atoms with Crippen LogP contribution in [0.5, 0.6) is 5.75 Å². The van der Waals surface area contributed by atoms with E-state index in [0.717, 1.165) is 25.7 Å². The minimum Gasteiger partial charge on any atom is -0.494 e. The number of nitrogens with zero attached hydrogens (tertiary/aromatic N) is 1. The summed E-state index contributed by atoms with van der Waals surface area (Å²) in [5, 5.41) is 5.52. The second-order valence-corrected chi connectivity index (χ2v) is 9.46. The van der Waals surface area contributed by atoms with Gasteiger partial charge in [0.25, 0.3) is 5.91 Å². The van der Waals surface area contributed by atoms with E-state index in [4.69, 9.17) is 26.4 Å². The predicted octanol–water partition coefficient (Wildman–Crippen LogP) is 2.96. The molecule has 2 saturated heterocycles. The topological polar surface area (TPSA) is 106 Å². The van der Waals surface area contributed by atoms with Gasteiger partial charge < -0.3 is 24.4 Å². The lowest BCUT2D eigenvalue weighted by atomic mass is 10.1. The third-order valence-electron chi connectivity index (χ3n) is 6.26. The molecule has 0 bridgehead atoms. The third-order valence-corrected chi connectivity index (χ3v) is 6.60. The normalized spacial score (nSPS) is 19.5. The van der Waals surface area contributed by atoms with E-state index in [1.54, 1.807) is 29.2 Å². The Hall–Kier alpha value is -2.72. The maximum absolute atomic E-state index is 12.8. The highest BCUT2D eigenvalue weighted by molar-refractivity contribution is 7.80. The van der Waals surface area contributed by atoms with Gasteiger partial charge in [-0.05, 0) is 55.7 Å². The Kier molecular flexibility index (Phi) is 11.4. The fourth-order valence-corrected chi connectivity index (χ4v) is 4.49. The lowest BCUT2D eigenvalue weighted by Crippen LogP contribution is -2.60. The molecule has 9 nitrogen and oxygen atoms in total. The Labute approximate surface area is 218 Å². The second kappa shape index (κ2) is 14.7. The van der Waals surface area contributed by atoms with E-state index in [9.17, 15) is 14.4 Å². The van der Waals surface area contributed by atoms with Crippen molar-refractivity contribution in [2.24, 2.45) is 0 Å². The summed E-state index contributed by atoms with van der Waals surface area (Å²) in [4.78, 5) is 39.2. The zero-order chi connectivity index (χ0) is 25.8. The minimum absolute atomic E-state index is 0.0896. The van der Waals surface area contributed by atoms with E-state index in [-0.39, 0.29) is 30.2 Å². The molecule has 2 unspecified atom stereocenters. The van der Waals surface area contributed by atoms with Gasteiger partial charge >= 0.3 is 5.97 Å². The van der Waals surface area contributed by atoms with Gasteiger partial charge in [0, 0.05) is 25.3 Å². The van der Waals surface area contributed by atoms with Crippen LogP contribution < -0.4 is 15.4 Å². The smallest absolute Gasteiger partial charge is 0.308 e. The number of esters is 1. The van der Waals surface area contributed by atoms with E-state index in [0.29, 0.717) is 37.6 Å². The molecule has 2 amide bonds. The molecule has 0 aliphatic carbocycles. The number of piperazine rings is 1. The molecule has 2 atom stereocenters. The van der Waals surface area contributed by atoms with Crippen molar-refractivity contribution in [2.75, 3.05) is 32.9 Å². The molecule has 2 fully saturated rings. The Balaban J connectivity index is 1.47. The summed E-state index contributed by atoms with van der Waals surface area (Å²) in [6.45, 7) is 4.41. The molecule has 2 N–H and O–H groups in total. The van der Waals surface area contributed by atoms with Gasteiger partial charge in [-0.25, -0.2) is 0 Å². The first-order valence-corrected chi connectivity index (χ1v) is 13.3. The first-order valence-electron chi connectivity index (χ1n) is 12.9. The molecule has 0 saturated carbocycles. The van der Waals surface area contributed by atoms with Crippen molar-refractivity contribution in [3.8, 4) is 5.75 Å². The number of nitrogens with one attached hydrogen (secondary N) is 2. The monoisotopic (exact) mass is 519 g/mol. The first-order chi connectivity index (χ1) is 17.5. The number of ether oxygens (including phenoxy) is 3. The summed E-state index contributed by atoms with van der Waals surface area (Å²) in [5.74, 6) is -0.522. The van der Waals surface area contributed by atoms with Crippen LogP contribution in [-0.4, -0.2) is 72.9 Å². The van der Waals surface area contributed by atoms with Gasteiger partial charge in [0.2, 0.25) is 5.91 Å². The van der Waals surface area contributed by atoms with Gasteiger partial charge in [-0.3, -0.25) is 19.7 Å². The largest absolute Gasteiger partial charge is 0.494 e. The molecule has 10 heteroatoms. The van der Waals surface area contributed by atoms with Gasteiger partial charge in [0.05, 0.1) is 19.1 Å². The van der Waals surface area contributed by atoms with Crippen molar-refractivity contribution in [3.63, 3.8) is 0 Å². The van der Waals surface area contributed by atoms with Crippen molar-refractivity contribution in [3.05, 3.63) is 29.8 Å². The summed E-state index contributed by atoms with van der Waals surface area (Å²) < 4.78 is 16.5. The highest BCUT2D eigenvalue weighted by Crippen LogP contribution is 2.16. The third kappa shape index (κ3) is 8.74. The van der Waals surface area contributed by atoms with Crippen LogP contribution in [0.1, 0.15) is 68.6 Å². The molecule has 1 aromatic carbocycles. The van der Waals surface area contributed by atoms with Crippen LogP contribution >= 0.6 is 12.2 Å². The Bertz CT molecular complexity index is 888. The number of hydrogen-bond acceptors (Lipinski definition) is 7. The van der Waals surface area contributed by atoms with Crippen molar-refractivity contribution in [1.29, 1.82) is 0 Å². The van der Waals surface area contributed by atoms with Crippen LogP contribution in [0, 0.1) is 0 Å². The highest BCUT2D eigenvalue weighted by Gasteiger charge is 2.34. The summed E-state index contributed by atoms with van der Waals surface area (Å²) in [6.07, 6.45) is 7.37. The zero-order valence-electron chi connectivity index (χ0n) is 21.0. The lowest BCUT2D eigenvalue weighted by Gasteiger charge is -2.36. The number of carbonyl (C=O) groups is 3. The Morgan fingerprint density at radius 3 is 2.69 bits per heavy atom. The molecule has 0 aromatic heterocycles. The number of amides is 2. The minimum atomic E-state index is -0.850. The highest BCUT2D eigenvalue weighted by atomic mass is 32.1. The van der Waals surface area contributed by atoms with Gasteiger partial charge in [-0.2, -0.15) is 0 Å². The number of unbranched alkanes of at least 4 members (excludes halogenated alkanes) is 4. The molecular weight excluding hydrogens is 482 g/mol. The number of benzene rings is 1. The van der Waals surface area contributed by atoms with E-state index < -0.39 is 17.9 Å². The number of thiocarbonyl (C=S) groups is 1. The van der Waals surface area contributed by atoms with Crippen LogP contribution in [0.4, 0.5) is 0 Å². The first kappa shape index (κ1) is 27.9. The van der Waals surface area contributed by atoms with Crippen molar-refractivity contribution in [2.45, 2.75) is 70.4 Å². The van der Waals surface area contributed by atoms with Crippen LogP contribution in [0.3, 0.4) is 0 Å². The summed E-state index contributed by atoms with van der Waals surface area (Å²) in [6, 6.07) is 6.01. The molecule has 36 heavy (non-hydrogen) atoms. The maximum Gasteiger partial charge on any atom is 0.308 e. The molecule has 2 heterocycles. The maximum atomic E-state index is 12.8. The number of rotatable bonds is 12. The van der Waals surface area contributed by atoms with Gasteiger partial charge in [-0.15, -0.1) is 0 Å². The number of carbonyl (C=O) groups excluding carboxylic acids is 3. The van der Waals surface area contributed by atoms with Crippen LogP contribution in [0.15, 0.2) is 24.3 Å². The quantitative estimate of drug-likeness (QED) is 0.247. The fourth-order valence-electron chi connectivity index (χ4n) is 4.18. The van der Waals surface area contributed by atoms with E-state index in [1.165, 1.54) is 19.3 Å². The van der Waals surface area contributed by atoms with Crippen molar-refractivity contribution < 1.29 is 28.6 Å². The number of hydrogen-bond donors (Lipinski definition) is 2. The Morgan fingerprint density at radius 2 is 1.97 bits per heavy atom. The van der Waals surface area contributed by atoms with Crippen molar-refractivity contribution in [1.82, 2.24) is 15.5 Å². The zero-order valence-corrected chi connectivity index (χ0v) is 21.8. The average Bonchev–Trinajstić information content (AvgIpc) is 3.40. The van der Waals surface area contributed by atoms with Crippen LogP contribution in [-0.2, 0) is 19.1 Å². The van der Waals surface area contributed by atoms with Crippen LogP contribution in [0.2, 0.25) is 0 Å². The summed E-state index contributed by atoms with van der Waals surface area (Å²) in [7, 11) is 0. The van der Waals surface area contributed by atoms with E-state index in [1.807, 2.05) is 0 Å². The molecule has 198 valence electrons. The van der Waals surface area contributed by atoms with Gasteiger partial charge in [-0.1, -0.05) is 32.6 Å². The summed E-state index contributed by atoms with van der Waals surface area (Å²) in [5.41, 5.74) is 0.418. The molecule has 0 spiro atoms. The van der Waals surface area contributed by atoms with Crippen LogP contribution in [0.25, 0.3) is 0 Å². The van der Waals surface area contributed by atoms with Gasteiger partial charge in [0.15, 0.2) is 5.11 Å². The fraction of sp³-hybridized carbons (Fsp3) is 0.615. The predicted molar refractivity (Wildman–Crippen MR) is 139 cm³/mol. The SMILES string of the molecule is CCCCCCCOc1ccc(C(=O)NC(=S)N2CCNC(=O)C2CC(=O)OCC2CCCO2)cc1. The molecule has 2 aliphatic rings. The molecule has 2 aliphatic heterocycles. The average molecular weight is 520 g/mol. The Morgan fingerprint density at radius 1 is 1.19 bits per heavy atom. The standard InChI is InChI=1S/C26H37N3O6S/c1-2-3-4-5-6-15-33-20-11-9-19(10-12-20)24(31)28-26(36)29-14-13-27-25(32)22(29)17-23(30)35-18-21-8-7-16-34-21/h9-12,21-22H,2-8,13-18H2,1H3,(H,27,32)(H,28,31,36). The molecular formula is C26H37N3O6S. The molecule has 1 aromatic rings. The molecule has 3 rings (SSSR count). The second-order valence-electron chi connectivity index (χ2n) is 9.07. The van der Waals surface area contributed by atoms with E-state index in [2.05, 4.69) is 17.6 Å². The van der Waals surface area contributed by atoms with Gasteiger partial charge in [0.1, 0.15) is 18.4 Å². The van der Waals surface area contributed by atoms with Crippen molar-refractivity contribution >= 4 is 35.1 Å². The summed E-state index contributed by atoms with van der Waals surface area (Å²) >= 11 is 5.43. The lowest BCUT2D eigenvalue weighted by molar-refractivity contribution is -0.150. The van der Waals surface area contributed by atoms with E-state index >= 15 is 0 Å². The molecule has 0 radical (unpaired) electrons.